The average Bonchev–Trinajstić information content (AvgIpc) is 2.82. The van der Waals surface area contributed by atoms with E-state index in [-0.39, 0.29) is 5.92 Å². The normalized spacial score (nSPS) is 17.1. The van der Waals surface area contributed by atoms with Crippen LogP contribution < -0.4 is 17.2 Å². The number of aliphatic carboxylic acids is 2. The SMILES string of the molecule is NCC1CCC(C(=O)O)CC1.NCCCCCCCC(=O)O.NCc1ccc(C(=O)O)cc1. The topological polar surface area (TPSA) is 190 Å². The minimum absolute atomic E-state index is 0.0993. The van der Waals surface area contributed by atoms with Crippen molar-refractivity contribution in [2.24, 2.45) is 29.0 Å². The molecule has 0 aliphatic heterocycles. The van der Waals surface area contributed by atoms with Crippen molar-refractivity contribution in [3.63, 3.8) is 0 Å². The van der Waals surface area contributed by atoms with Crippen LogP contribution in [0, 0.1) is 11.8 Å². The summed E-state index contributed by atoms with van der Waals surface area (Å²) in [6, 6.07) is 6.52. The smallest absolute Gasteiger partial charge is 0.335 e. The van der Waals surface area contributed by atoms with Gasteiger partial charge in [-0.2, -0.15) is 0 Å². The van der Waals surface area contributed by atoms with Gasteiger partial charge in [0.15, 0.2) is 0 Å². The molecule has 0 amide bonds. The summed E-state index contributed by atoms with van der Waals surface area (Å²) in [7, 11) is 0. The highest BCUT2D eigenvalue weighted by molar-refractivity contribution is 5.87. The van der Waals surface area contributed by atoms with Crippen LogP contribution >= 0.6 is 0 Å². The van der Waals surface area contributed by atoms with Gasteiger partial charge in [0.05, 0.1) is 11.5 Å². The Hall–Kier alpha value is -2.49. The molecule has 188 valence electrons. The van der Waals surface area contributed by atoms with Crippen molar-refractivity contribution < 1.29 is 29.7 Å². The molecule has 1 saturated carbocycles. The summed E-state index contributed by atoms with van der Waals surface area (Å²) in [5.74, 6) is -1.76. The summed E-state index contributed by atoms with van der Waals surface area (Å²) < 4.78 is 0. The quantitative estimate of drug-likeness (QED) is 0.265. The zero-order chi connectivity index (χ0) is 25.1. The Kier molecular flexibility index (Phi) is 17.6. The van der Waals surface area contributed by atoms with E-state index < -0.39 is 17.9 Å². The maximum Gasteiger partial charge on any atom is 0.335 e. The van der Waals surface area contributed by atoms with Crippen LogP contribution in [0.5, 0.6) is 0 Å². The molecule has 1 aromatic rings. The number of aromatic carboxylic acids is 1. The van der Waals surface area contributed by atoms with Crippen LogP contribution in [0.3, 0.4) is 0 Å². The van der Waals surface area contributed by atoms with Gasteiger partial charge in [-0.25, -0.2) is 4.79 Å². The van der Waals surface area contributed by atoms with Gasteiger partial charge in [-0.05, 0) is 75.2 Å². The Morgan fingerprint density at radius 2 is 1.33 bits per heavy atom. The van der Waals surface area contributed by atoms with Crippen molar-refractivity contribution in [3.05, 3.63) is 35.4 Å². The molecule has 33 heavy (non-hydrogen) atoms. The Morgan fingerprint density at radius 3 is 1.76 bits per heavy atom. The van der Waals surface area contributed by atoms with Gasteiger partial charge in [-0.1, -0.05) is 31.4 Å². The first-order chi connectivity index (χ1) is 15.7. The number of carboxylic acid groups (broad SMARTS) is 3. The molecule has 0 atom stereocenters. The molecule has 1 aliphatic carbocycles. The molecule has 0 bridgehead atoms. The fourth-order valence-corrected chi connectivity index (χ4v) is 3.38. The lowest BCUT2D eigenvalue weighted by Gasteiger charge is -2.24. The van der Waals surface area contributed by atoms with Crippen LogP contribution in [-0.2, 0) is 16.1 Å². The third-order valence-electron chi connectivity index (χ3n) is 5.56. The second kappa shape index (κ2) is 19.0. The van der Waals surface area contributed by atoms with Gasteiger partial charge in [-0.15, -0.1) is 0 Å². The highest BCUT2D eigenvalue weighted by Gasteiger charge is 2.24. The molecule has 0 saturated heterocycles. The van der Waals surface area contributed by atoms with Gasteiger partial charge in [0.2, 0.25) is 0 Å². The number of carbonyl (C=O) groups is 3. The first-order valence-corrected chi connectivity index (χ1v) is 11.6. The fraction of sp³-hybridized carbons (Fsp3) is 0.625. The summed E-state index contributed by atoms with van der Waals surface area (Å²) in [4.78, 5) is 31.0. The molecule has 1 fully saturated rings. The molecule has 9 N–H and O–H groups in total. The highest BCUT2D eigenvalue weighted by Crippen LogP contribution is 2.27. The van der Waals surface area contributed by atoms with E-state index in [0.29, 0.717) is 31.0 Å². The Bertz CT molecular complexity index is 673. The van der Waals surface area contributed by atoms with E-state index in [4.69, 9.17) is 32.5 Å². The lowest BCUT2D eigenvalue weighted by Crippen LogP contribution is -2.25. The van der Waals surface area contributed by atoms with Gasteiger partial charge in [0.1, 0.15) is 0 Å². The van der Waals surface area contributed by atoms with Crippen LogP contribution in [0.4, 0.5) is 0 Å². The standard InChI is InChI=1S/C8H15NO2.C8H9NO2.C8H17NO2/c2*9-5-6-1-3-7(4-2-6)8(10)11;9-7-5-3-1-2-4-6-8(10)11/h6-7H,1-5,9H2,(H,10,11);1-4H,5,9H2,(H,10,11);1-7,9H2,(H,10,11). The number of nitrogens with two attached hydrogens (primary N) is 3. The zero-order valence-electron chi connectivity index (χ0n) is 19.5. The van der Waals surface area contributed by atoms with Crippen molar-refractivity contribution in [1.82, 2.24) is 0 Å². The monoisotopic (exact) mass is 467 g/mol. The maximum atomic E-state index is 10.5. The van der Waals surface area contributed by atoms with Crippen LogP contribution in [0.25, 0.3) is 0 Å². The van der Waals surface area contributed by atoms with Crippen LogP contribution in [0.2, 0.25) is 0 Å². The van der Waals surface area contributed by atoms with Gasteiger partial charge in [0, 0.05) is 13.0 Å². The van der Waals surface area contributed by atoms with E-state index in [2.05, 4.69) is 0 Å². The van der Waals surface area contributed by atoms with Crippen molar-refractivity contribution in [2.75, 3.05) is 13.1 Å². The van der Waals surface area contributed by atoms with Crippen molar-refractivity contribution in [1.29, 1.82) is 0 Å². The average molecular weight is 468 g/mol. The summed E-state index contributed by atoms with van der Waals surface area (Å²) in [6.45, 7) is 1.91. The number of unbranched alkanes of at least 4 members (excludes halogenated alkanes) is 4. The molecule has 1 aromatic carbocycles. The summed E-state index contributed by atoms with van der Waals surface area (Å²) in [5, 5.41) is 25.5. The van der Waals surface area contributed by atoms with Crippen molar-refractivity contribution >= 4 is 17.9 Å². The van der Waals surface area contributed by atoms with Crippen molar-refractivity contribution in [3.8, 4) is 0 Å². The van der Waals surface area contributed by atoms with Crippen molar-refractivity contribution in [2.45, 2.75) is 70.8 Å². The minimum atomic E-state index is -0.909. The number of benzene rings is 1. The maximum absolute atomic E-state index is 10.5. The Labute approximate surface area is 196 Å². The van der Waals surface area contributed by atoms with Crippen LogP contribution in [-0.4, -0.2) is 46.3 Å². The molecule has 1 aliphatic rings. The Balaban J connectivity index is 0.000000465. The van der Waals surface area contributed by atoms with E-state index in [9.17, 15) is 14.4 Å². The summed E-state index contributed by atoms with van der Waals surface area (Å²) in [6.07, 6.45) is 9.07. The van der Waals surface area contributed by atoms with Crippen LogP contribution in [0.1, 0.15) is 80.1 Å². The number of hydrogen-bond acceptors (Lipinski definition) is 6. The molecule has 2 rings (SSSR count). The Morgan fingerprint density at radius 1 is 0.788 bits per heavy atom. The van der Waals surface area contributed by atoms with Gasteiger partial charge in [-0.3, -0.25) is 9.59 Å². The van der Waals surface area contributed by atoms with Crippen LogP contribution in [0.15, 0.2) is 24.3 Å². The molecular weight excluding hydrogens is 426 g/mol. The second-order valence-corrected chi connectivity index (χ2v) is 8.20. The summed E-state index contributed by atoms with van der Waals surface area (Å²) >= 11 is 0. The minimum Gasteiger partial charge on any atom is -0.481 e. The largest absolute Gasteiger partial charge is 0.481 e. The van der Waals surface area contributed by atoms with E-state index in [1.807, 2.05) is 0 Å². The molecule has 0 spiro atoms. The van der Waals surface area contributed by atoms with E-state index in [1.165, 1.54) is 0 Å². The van der Waals surface area contributed by atoms with Gasteiger partial charge < -0.3 is 32.5 Å². The summed E-state index contributed by atoms with van der Waals surface area (Å²) in [5.41, 5.74) is 17.3. The fourth-order valence-electron chi connectivity index (χ4n) is 3.38. The third kappa shape index (κ3) is 15.9. The molecule has 9 nitrogen and oxygen atoms in total. The predicted octanol–water partition coefficient (Wildman–Crippen LogP) is 3.05. The van der Waals surface area contributed by atoms with Gasteiger partial charge >= 0.3 is 17.9 Å². The number of carboxylic acids is 3. The van der Waals surface area contributed by atoms with E-state index in [0.717, 1.165) is 69.9 Å². The first-order valence-electron chi connectivity index (χ1n) is 11.6. The molecular formula is C24H41N3O6. The highest BCUT2D eigenvalue weighted by atomic mass is 16.4. The lowest BCUT2D eigenvalue weighted by molar-refractivity contribution is -0.143. The van der Waals surface area contributed by atoms with E-state index >= 15 is 0 Å². The third-order valence-corrected chi connectivity index (χ3v) is 5.56. The predicted molar refractivity (Wildman–Crippen MR) is 128 cm³/mol. The molecule has 0 heterocycles. The van der Waals surface area contributed by atoms with Gasteiger partial charge in [0.25, 0.3) is 0 Å². The first kappa shape index (κ1) is 30.5. The lowest BCUT2D eigenvalue weighted by atomic mass is 9.82. The molecule has 9 heteroatoms. The second-order valence-electron chi connectivity index (χ2n) is 8.20. The molecule has 0 radical (unpaired) electrons. The molecule has 0 unspecified atom stereocenters. The number of rotatable bonds is 11. The van der Waals surface area contributed by atoms with E-state index in [1.54, 1.807) is 24.3 Å². The number of hydrogen-bond donors (Lipinski definition) is 6. The zero-order valence-corrected chi connectivity index (χ0v) is 19.5. The molecule has 0 aromatic heterocycles.